The largest absolute Gasteiger partial charge is 0.384 e. The van der Waals surface area contributed by atoms with Gasteiger partial charge in [0.2, 0.25) is 0 Å². The Labute approximate surface area is 192 Å². The predicted octanol–water partition coefficient (Wildman–Crippen LogP) is 3.89. The third-order valence-corrected chi connectivity index (χ3v) is 6.28. The molecule has 1 aliphatic rings. The molecule has 0 bridgehead atoms. The van der Waals surface area contributed by atoms with Gasteiger partial charge in [0, 0.05) is 30.1 Å². The molecule has 6 nitrogen and oxygen atoms in total. The molecule has 0 atom stereocenters. The second-order valence-corrected chi connectivity index (χ2v) is 8.48. The topological polar surface area (TPSA) is 96.8 Å². The van der Waals surface area contributed by atoms with Crippen molar-refractivity contribution in [2.24, 2.45) is 5.73 Å². The molecule has 0 fully saturated rings. The number of nitrogen functional groups attached to an aromatic ring is 1. The molecule has 5 rings (SSSR count). The lowest BCUT2D eigenvalue weighted by Crippen LogP contribution is -2.24. The van der Waals surface area contributed by atoms with Crippen molar-refractivity contribution in [3.8, 4) is 5.69 Å². The molecule has 0 unspecified atom stereocenters. The molecule has 0 spiro atoms. The lowest BCUT2D eigenvalue weighted by molar-refractivity contribution is 0.0950. The van der Waals surface area contributed by atoms with Crippen LogP contribution < -0.4 is 11.1 Å². The second kappa shape index (κ2) is 8.39. The highest BCUT2D eigenvalue weighted by atomic mass is 16.1. The van der Waals surface area contributed by atoms with Crippen molar-refractivity contribution in [2.45, 2.75) is 26.3 Å². The van der Waals surface area contributed by atoms with Gasteiger partial charge in [0.15, 0.2) is 0 Å². The molecule has 0 saturated carbocycles. The first-order valence-electron chi connectivity index (χ1n) is 10.9. The maximum Gasteiger partial charge on any atom is 0.251 e. The van der Waals surface area contributed by atoms with Crippen LogP contribution in [0.2, 0.25) is 0 Å². The molecule has 3 aromatic carbocycles. The first-order chi connectivity index (χ1) is 16.0. The molecular formula is C27H25N5O. The number of amides is 1. The quantitative estimate of drug-likeness (QED) is 0.289. The highest BCUT2D eigenvalue weighted by Gasteiger charge is 2.18. The Bertz CT molecular complexity index is 1370. The van der Waals surface area contributed by atoms with Crippen LogP contribution in [0.15, 0.2) is 73.1 Å². The van der Waals surface area contributed by atoms with Crippen molar-refractivity contribution in [1.82, 2.24) is 15.1 Å². The zero-order chi connectivity index (χ0) is 22.9. The summed E-state index contributed by atoms with van der Waals surface area (Å²) in [5.74, 6) is -0.0509. The van der Waals surface area contributed by atoms with Crippen molar-refractivity contribution >= 4 is 11.7 Å². The maximum atomic E-state index is 12.9. The minimum Gasteiger partial charge on any atom is -0.384 e. The Morgan fingerprint density at radius 3 is 2.45 bits per heavy atom. The normalized spacial score (nSPS) is 12.0. The molecule has 164 valence electrons. The summed E-state index contributed by atoms with van der Waals surface area (Å²) in [5.41, 5.74) is 15.0. The van der Waals surface area contributed by atoms with E-state index in [1.54, 1.807) is 6.20 Å². The molecule has 1 aromatic heterocycles. The van der Waals surface area contributed by atoms with Gasteiger partial charge < -0.3 is 11.1 Å². The second-order valence-electron chi connectivity index (χ2n) is 8.48. The molecule has 1 amide bonds. The fraction of sp³-hybridized carbons (Fsp3) is 0.148. The van der Waals surface area contributed by atoms with E-state index in [2.05, 4.69) is 34.7 Å². The van der Waals surface area contributed by atoms with E-state index >= 15 is 0 Å². The Morgan fingerprint density at radius 2 is 1.73 bits per heavy atom. The number of amidine groups is 1. The number of nitrogens with one attached hydrogen (secondary N) is 2. The number of nitrogens with zero attached hydrogens (tertiary/aromatic N) is 2. The van der Waals surface area contributed by atoms with Crippen LogP contribution in [0.4, 0.5) is 0 Å². The first kappa shape index (κ1) is 20.7. The Hall–Kier alpha value is -4.19. The van der Waals surface area contributed by atoms with Crippen LogP contribution in [-0.4, -0.2) is 21.5 Å². The van der Waals surface area contributed by atoms with E-state index in [4.69, 9.17) is 11.1 Å². The minimum atomic E-state index is -0.0936. The number of carbonyl (C=O) groups is 1. The number of rotatable bonds is 5. The molecule has 0 radical (unpaired) electrons. The van der Waals surface area contributed by atoms with Gasteiger partial charge in [-0.05, 0) is 89.5 Å². The van der Waals surface area contributed by atoms with Crippen molar-refractivity contribution in [3.63, 3.8) is 0 Å². The van der Waals surface area contributed by atoms with Crippen molar-refractivity contribution in [1.29, 1.82) is 5.41 Å². The maximum absolute atomic E-state index is 12.9. The summed E-state index contributed by atoms with van der Waals surface area (Å²) >= 11 is 0. The molecule has 1 heterocycles. The van der Waals surface area contributed by atoms with Crippen LogP contribution in [0.25, 0.3) is 5.69 Å². The van der Waals surface area contributed by atoms with E-state index in [0.717, 1.165) is 29.7 Å². The monoisotopic (exact) mass is 435 g/mol. The number of hydrogen-bond acceptors (Lipinski definition) is 3. The zero-order valence-electron chi connectivity index (χ0n) is 18.4. The number of hydrogen-bond donors (Lipinski definition) is 3. The van der Waals surface area contributed by atoms with Crippen LogP contribution in [-0.2, 0) is 19.4 Å². The molecule has 0 aliphatic heterocycles. The Kier molecular flexibility index (Phi) is 5.26. The summed E-state index contributed by atoms with van der Waals surface area (Å²) in [6.45, 7) is 2.39. The highest BCUT2D eigenvalue weighted by Crippen LogP contribution is 2.29. The number of nitrogens with two attached hydrogens (primary N) is 1. The van der Waals surface area contributed by atoms with Gasteiger partial charge in [0.05, 0.1) is 5.69 Å². The van der Waals surface area contributed by atoms with E-state index in [0.29, 0.717) is 17.7 Å². The summed E-state index contributed by atoms with van der Waals surface area (Å²) in [4.78, 5) is 12.9. The standard InChI is InChI=1S/C27H25N5O/c1-17-11-20(26(28)29)4-6-22(17)16-30-27(33)21-5-3-18-12-19-7-8-25(32-10-2-9-31-32)15-24(19)14-23(18)13-21/h2-11,13,15H,12,14,16H2,1H3,(H3,28,29)(H,30,33). The molecule has 1 aliphatic carbocycles. The molecule has 4 N–H and O–H groups in total. The summed E-state index contributed by atoms with van der Waals surface area (Å²) in [6.07, 6.45) is 5.38. The van der Waals surface area contributed by atoms with Gasteiger partial charge >= 0.3 is 0 Å². The van der Waals surface area contributed by atoms with Gasteiger partial charge in [0.1, 0.15) is 5.84 Å². The zero-order valence-corrected chi connectivity index (χ0v) is 18.4. The lowest BCUT2D eigenvalue weighted by atomic mass is 9.85. The van der Waals surface area contributed by atoms with Crippen molar-refractivity contribution < 1.29 is 4.79 Å². The van der Waals surface area contributed by atoms with Crippen molar-refractivity contribution in [2.75, 3.05) is 0 Å². The van der Waals surface area contributed by atoms with Gasteiger partial charge in [-0.25, -0.2) is 4.68 Å². The molecule has 0 saturated heterocycles. The number of carbonyl (C=O) groups excluding carboxylic acids is 1. The molecule has 4 aromatic rings. The van der Waals surface area contributed by atoms with E-state index in [1.165, 1.54) is 22.3 Å². The van der Waals surface area contributed by atoms with Crippen LogP contribution in [0.1, 0.15) is 49.3 Å². The van der Waals surface area contributed by atoms with Crippen LogP contribution in [0.3, 0.4) is 0 Å². The van der Waals surface area contributed by atoms with E-state index in [-0.39, 0.29) is 11.7 Å². The number of benzene rings is 3. The van der Waals surface area contributed by atoms with Gasteiger partial charge in [-0.2, -0.15) is 5.10 Å². The van der Waals surface area contributed by atoms with Crippen LogP contribution in [0, 0.1) is 12.3 Å². The Balaban J connectivity index is 1.31. The average molecular weight is 436 g/mol. The SMILES string of the molecule is Cc1cc(C(=N)N)ccc1CNC(=O)c1ccc2c(c1)Cc1cc(-n3cccn3)ccc1C2. The Morgan fingerprint density at radius 1 is 1.00 bits per heavy atom. The van der Waals surface area contributed by atoms with Gasteiger partial charge in [-0.15, -0.1) is 0 Å². The van der Waals surface area contributed by atoms with E-state index in [9.17, 15) is 4.79 Å². The smallest absolute Gasteiger partial charge is 0.251 e. The molecule has 33 heavy (non-hydrogen) atoms. The fourth-order valence-corrected chi connectivity index (χ4v) is 4.37. The summed E-state index contributed by atoms with van der Waals surface area (Å²) < 4.78 is 1.87. The van der Waals surface area contributed by atoms with Gasteiger partial charge in [0.25, 0.3) is 5.91 Å². The minimum absolute atomic E-state index is 0.0426. The summed E-state index contributed by atoms with van der Waals surface area (Å²) in [7, 11) is 0. The van der Waals surface area contributed by atoms with Gasteiger partial charge in [-0.3, -0.25) is 10.2 Å². The number of aromatic nitrogens is 2. The van der Waals surface area contributed by atoms with Crippen molar-refractivity contribution in [3.05, 3.63) is 118 Å². The number of aryl methyl sites for hydroxylation is 1. The molecule has 6 heteroatoms. The highest BCUT2D eigenvalue weighted by molar-refractivity contribution is 5.95. The van der Waals surface area contributed by atoms with Gasteiger partial charge in [-0.1, -0.05) is 24.3 Å². The lowest BCUT2D eigenvalue weighted by Gasteiger charge is -2.21. The average Bonchev–Trinajstić information content (AvgIpc) is 3.36. The fourth-order valence-electron chi connectivity index (χ4n) is 4.37. The third-order valence-electron chi connectivity index (χ3n) is 6.28. The van der Waals surface area contributed by atoms with E-state index < -0.39 is 0 Å². The predicted molar refractivity (Wildman–Crippen MR) is 129 cm³/mol. The van der Waals surface area contributed by atoms with E-state index in [1.807, 2.05) is 54.2 Å². The third kappa shape index (κ3) is 4.15. The first-order valence-corrected chi connectivity index (χ1v) is 10.9. The van der Waals surface area contributed by atoms with Crippen LogP contribution in [0.5, 0.6) is 0 Å². The summed E-state index contributed by atoms with van der Waals surface area (Å²) in [5, 5.41) is 14.9. The molecular weight excluding hydrogens is 410 g/mol. The van der Waals surface area contributed by atoms with Crippen LogP contribution >= 0.6 is 0 Å². The number of fused-ring (bicyclic) bond motifs is 2. The summed E-state index contributed by atoms with van der Waals surface area (Å²) in [6, 6.07) is 20.0.